The molecule has 0 aromatic heterocycles. The van der Waals surface area contributed by atoms with Gasteiger partial charge in [-0.3, -0.25) is 0 Å². The van der Waals surface area contributed by atoms with Gasteiger partial charge in [-0.05, 0) is 43.5 Å². The van der Waals surface area contributed by atoms with Crippen LogP contribution in [0, 0.1) is 6.92 Å². The van der Waals surface area contributed by atoms with E-state index in [9.17, 15) is 5.11 Å². The van der Waals surface area contributed by atoms with Crippen LogP contribution in [0.4, 0.5) is 0 Å². The summed E-state index contributed by atoms with van der Waals surface area (Å²) in [5, 5.41) is 14.0. The van der Waals surface area contributed by atoms with Crippen LogP contribution in [-0.4, -0.2) is 43.6 Å². The summed E-state index contributed by atoms with van der Waals surface area (Å²) in [5.74, 6) is 0.763. The minimum atomic E-state index is -0.520. The second-order valence-electron chi connectivity index (χ2n) is 5.17. The highest BCUT2D eigenvalue weighted by Gasteiger charge is 2.15. The maximum atomic E-state index is 9.94. The predicted octanol–water partition coefficient (Wildman–Crippen LogP) is 2.58. The molecule has 1 unspecified atom stereocenters. The first-order chi connectivity index (χ1) is 9.65. The normalized spacial score (nSPS) is 17.1. The Bertz CT molecular complexity index is 425. The van der Waals surface area contributed by atoms with Gasteiger partial charge in [0.2, 0.25) is 0 Å². The van der Waals surface area contributed by atoms with E-state index in [0.29, 0.717) is 17.6 Å². The van der Waals surface area contributed by atoms with Gasteiger partial charge in [0.1, 0.15) is 18.5 Å². The molecule has 6 heteroatoms. The molecule has 0 radical (unpaired) electrons. The van der Waals surface area contributed by atoms with Gasteiger partial charge in [-0.25, -0.2) is 0 Å². The van der Waals surface area contributed by atoms with Crippen molar-refractivity contribution in [1.29, 1.82) is 0 Å². The number of aliphatic hydroxyl groups is 1. The Balaban J connectivity index is 0.00000220. The Morgan fingerprint density at radius 1 is 1.43 bits per heavy atom. The zero-order valence-corrected chi connectivity index (χ0v) is 13.8. The molecule has 2 N–H and O–H groups in total. The molecule has 0 aliphatic carbocycles. The van der Waals surface area contributed by atoms with Gasteiger partial charge in [-0.15, -0.1) is 12.4 Å². The van der Waals surface area contributed by atoms with E-state index >= 15 is 0 Å². The Kier molecular flexibility index (Phi) is 8.37. The average Bonchev–Trinajstić information content (AvgIpc) is 2.45. The third kappa shape index (κ3) is 6.41. The summed E-state index contributed by atoms with van der Waals surface area (Å²) < 4.78 is 10.9. The van der Waals surface area contributed by atoms with Crippen molar-refractivity contribution < 1.29 is 14.6 Å². The first kappa shape index (κ1) is 18.5. The topological polar surface area (TPSA) is 50.7 Å². The standard InChI is InChI=1S/C15H22ClNO3.ClH/c1-11-8-12(16)2-3-15(11)20-10-14(18)9-17-13-4-6-19-7-5-13;/h2-3,8,13-14,17-18H,4-7,9-10H2,1H3;1H. The molecule has 0 saturated carbocycles. The van der Waals surface area contributed by atoms with Crippen LogP contribution in [0.15, 0.2) is 18.2 Å². The lowest BCUT2D eigenvalue weighted by Crippen LogP contribution is -2.40. The smallest absolute Gasteiger partial charge is 0.122 e. The first-order valence-corrected chi connectivity index (χ1v) is 7.41. The van der Waals surface area contributed by atoms with Crippen molar-refractivity contribution in [1.82, 2.24) is 5.32 Å². The number of hydrogen-bond donors (Lipinski definition) is 2. The fourth-order valence-electron chi connectivity index (χ4n) is 2.22. The number of nitrogens with one attached hydrogen (secondary N) is 1. The molecule has 21 heavy (non-hydrogen) atoms. The summed E-state index contributed by atoms with van der Waals surface area (Å²) in [6.45, 7) is 4.35. The number of ether oxygens (including phenoxy) is 2. The number of benzene rings is 1. The minimum absolute atomic E-state index is 0. The molecular weight excluding hydrogens is 313 g/mol. The van der Waals surface area contributed by atoms with E-state index in [1.54, 1.807) is 6.07 Å². The molecule has 1 aliphatic rings. The SMILES string of the molecule is Cc1cc(Cl)ccc1OCC(O)CNC1CCOCC1.Cl. The van der Waals surface area contributed by atoms with Crippen LogP contribution >= 0.6 is 24.0 Å². The number of halogens is 2. The molecule has 1 aliphatic heterocycles. The summed E-state index contributed by atoms with van der Waals surface area (Å²) in [6.07, 6.45) is 1.49. The van der Waals surface area contributed by atoms with Crippen LogP contribution in [0.3, 0.4) is 0 Å². The summed E-state index contributed by atoms with van der Waals surface area (Å²) in [4.78, 5) is 0. The molecule has 2 rings (SSSR count). The van der Waals surface area contributed by atoms with E-state index in [1.165, 1.54) is 0 Å². The van der Waals surface area contributed by atoms with Gasteiger partial charge < -0.3 is 19.9 Å². The Morgan fingerprint density at radius 3 is 2.81 bits per heavy atom. The summed E-state index contributed by atoms with van der Waals surface area (Å²) >= 11 is 5.89. The third-order valence-electron chi connectivity index (χ3n) is 3.43. The van der Waals surface area contributed by atoms with Gasteiger partial charge in [0.05, 0.1) is 0 Å². The van der Waals surface area contributed by atoms with Crippen LogP contribution in [0.2, 0.25) is 5.02 Å². The van der Waals surface area contributed by atoms with E-state index in [0.717, 1.165) is 37.4 Å². The Morgan fingerprint density at radius 2 is 2.14 bits per heavy atom. The lowest BCUT2D eigenvalue weighted by atomic mass is 10.1. The predicted molar refractivity (Wildman–Crippen MR) is 86.8 cm³/mol. The molecule has 0 amide bonds. The highest BCUT2D eigenvalue weighted by atomic mass is 35.5. The molecule has 1 saturated heterocycles. The third-order valence-corrected chi connectivity index (χ3v) is 3.67. The van der Waals surface area contributed by atoms with Crippen LogP contribution in [0.5, 0.6) is 5.75 Å². The van der Waals surface area contributed by atoms with Crippen LogP contribution in [0.25, 0.3) is 0 Å². The van der Waals surface area contributed by atoms with Crippen molar-refractivity contribution in [2.75, 3.05) is 26.4 Å². The summed E-state index contributed by atoms with van der Waals surface area (Å²) in [6, 6.07) is 5.91. The van der Waals surface area contributed by atoms with Crippen molar-refractivity contribution >= 4 is 24.0 Å². The van der Waals surface area contributed by atoms with Gasteiger partial charge in [0.25, 0.3) is 0 Å². The monoisotopic (exact) mass is 335 g/mol. The molecule has 0 spiro atoms. The molecule has 120 valence electrons. The van der Waals surface area contributed by atoms with Gasteiger partial charge in [0.15, 0.2) is 0 Å². The second kappa shape index (κ2) is 9.49. The van der Waals surface area contributed by atoms with E-state index < -0.39 is 6.10 Å². The zero-order chi connectivity index (χ0) is 14.4. The average molecular weight is 336 g/mol. The number of aliphatic hydroxyl groups excluding tert-OH is 1. The van der Waals surface area contributed by atoms with E-state index in [2.05, 4.69) is 5.32 Å². The van der Waals surface area contributed by atoms with E-state index in [1.807, 2.05) is 19.1 Å². The second-order valence-corrected chi connectivity index (χ2v) is 5.61. The first-order valence-electron chi connectivity index (χ1n) is 7.03. The van der Waals surface area contributed by atoms with Crippen molar-refractivity contribution in [2.45, 2.75) is 31.9 Å². The fourth-order valence-corrected chi connectivity index (χ4v) is 2.45. The van der Waals surface area contributed by atoms with Crippen molar-refractivity contribution in [2.24, 2.45) is 0 Å². The van der Waals surface area contributed by atoms with Crippen LogP contribution in [-0.2, 0) is 4.74 Å². The van der Waals surface area contributed by atoms with Gasteiger partial charge >= 0.3 is 0 Å². The molecule has 4 nitrogen and oxygen atoms in total. The molecule has 1 heterocycles. The molecule has 1 aromatic rings. The van der Waals surface area contributed by atoms with E-state index in [4.69, 9.17) is 21.1 Å². The molecule has 1 aromatic carbocycles. The lowest BCUT2D eigenvalue weighted by Gasteiger charge is -2.24. The minimum Gasteiger partial charge on any atom is -0.491 e. The molecule has 1 fully saturated rings. The Labute approximate surface area is 137 Å². The van der Waals surface area contributed by atoms with Gasteiger partial charge in [0, 0.05) is 30.8 Å². The van der Waals surface area contributed by atoms with Crippen molar-refractivity contribution in [3.05, 3.63) is 28.8 Å². The number of rotatable bonds is 6. The quantitative estimate of drug-likeness (QED) is 0.838. The summed E-state index contributed by atoms with van der Waals surface area (Å²) in [5.41, 5.74) is 0.974. The summed E-state index contributed by atoms with van der Waals surface area (Å²) in [7, 11) is 0. The van der Waals surface area contributed by atoms with Gasteiger partial charge in [-0.1, -0.05) is 11.6 Å². The highest BCUT2D eigenvalue weighted by Crippen LogP contribution is 2.21. The largest absolute Gasteiger partial charge is 0.491 e. The maximum Gasteiger partial charge on any atom is 0.122 e. The van der Waals surface area contributed by atoms with Crippen LogP contribution < -0.4 is 10.1 Å². The van der Waals surface area contributed by atoms with Crippen molar-refractivity contribution in [3.63, 3.8) is 0 Å². The molecule has 0 bridgehead atoms. The van der Waals surface area contributed by atoms with E-state index in [-0.39, 0.29) is 19.0 Å². The number of aryl methyl sites for hydroxylation is 1. The maximum absolute atomic E-state index is 9.94. The molecule has 1 atom stereocenters. The van der Waals surface area contributed by atoms with Gasteiger partial charge in [-0.2, -0.15) is 0 Å². The van der Waals surface area contributed by atoms with Crippen molar-refractivity contribution in [3.8, 4) is 5.75 Å². The fraction of sp³-hybridized carbons (Fsp3) is 0.600. The van der Waals surface area contributed by atoms with Crippen LogP contribution in [0.1, 0.15) is 18.4 Å². The zero-order valence-electron chi connectivity index (χ0n) is 12.2. The highest BCUT2D eigenvalue weighted by molar-refractivity contribution is 6.30. The number of hydrogen-bond acceptors (Lipinski definition) is 4. The molecular formula is C15H23Cl2NO3. The Hall–Kier alpha value is -0.520. The lowest BCUT2D eigenvalue weighted by molar-refractivity contribution is 0.0654.